The van der Waals surface area contributed by atoms with Crippen LogP contribution in [0.2, 0.25) is 0 Å². The van der Waals surface area contributed by atoms with Crippen LogP contribution < -0.4 is 5.32 Å². The van der Waals surface area contributed by atoms with Crippen LogP contribution in [-0.2, 0) is 29.0 Å². The minimum Gasteiger partial charge on any atom is -0.379 e. The van der Waals surface area contributed by atoms with Gasteiger partial charge >= 0.3 is 0 Å². The van der Waals surface area contributed by atoms with E-state index < -0.39 is 0 Å². The van der Waals surface area contributed by atoms with E-state index in [1.165, 1.54) is 11.1 Å². The summed E-state index contributed by atoms with van der Waals surface area (Å²) in [5.41, 5.74) is 2.64. The van der Waals surface area contributed by atoms with E-state index in [0.717, 1.165) is 64.4 Å². The maximum absolute atomic E-state index is 12.5. The lowest BCUT2D eigenvalue weighted by Gasteiger charge is -2.26. The number of carbonyl (C=O) groups is 1. The molecular formula is C20H28N6O2. The number of hydrogen-bond donors (Lipinski definition) is 1. The predicted molar refractivity (Wildman–Crippen MR) is 103 cm³/mol. The smallest absolute Gasteiger partial charge is 0.220 e. The Labute approximate surface area is 165 Å². The van der Waals surface area contributed by atoms with Gasteiger partial charge in [-0.3, -0.25) is 9.69 Å². The van der Waals surface area contributed by atoms with Gasteiger partial charge in [0.1, 0.15) is 0 Å². The quantitative estimate of drug-likeness (QED) is 0.778. The van der Waals surface area contributed by atoms with Crippen LogP contribution in [0, 0.1) is 0 Å². The first-order valence-electron chi connectivity index (χ1n) is 10.2. The van der Waals surface area contributed by atoms with Gasteiger partial charge in [-0.05, 0) is 47.2 Å². The van der Waals surface area contributed by atoms with E-state index in [9.17, 15) is 4.79 Å². The molecule has 1 amide bonds. The second-order valence-electron chi connectivity index (χ2n) is 7.52. The van der Waals surface area contributed by atoms with Gasteiger partial charge in [0, 0.05) is 26.1 Å². The zero-order valence-electron chi connectivity index (χ0n) is 16.2. The number of nitrogens with zero attached hydrogens (tertiary/aromatic N) is 5. The summed E-state index contributed by atoms with van der Waals surface area (Å²) in [7, 11) is 0. The van der Waals surface area contributed by atoms with Crippen molar-refractivity contribution in [3.05, 3.63) is 41.2 Å². The molecule has 1 aliphatic heterocycles. The Balaban J connectivity index is 1.25. The highest BCUT2D eigenvalue weighted by Crippen LogP contribution is 2.29. The SMILES string of the molecule is O=C(CCCn1nnnc1CN1CCOCC1)NC1CCCc2ccccc21. The van der Waals surface area contributed by atoms with E-state index in [0.29, 0.717) is 13.0 Å². The molecule has 2 aromatic rings. The number of carbonyl (C=O) groups excluding carboxylic acids is 1. The van der Waals surface area contributed by atoms with Crippen molar-refractivity contribution in [1.29, 1.82) is 0 Å². The van der Waals surface area contributed by atoms with E-state index in [4.69, 9.17) is 4.74 Å². The lowest BCUT2D eigenvalue weighted by Crippen LogP contribution is -2.36. The number of nitrogens with one attached hydrogen (secondary N) is 1. The fraction of sp³-hybridized carbons (Fsp3) is 0.600. The normalized spacial score (nSPS) is 19.9. The zero-order valence-corrected chi connectivity index (χ0v) is 16.2. The average molecular weight is 384 g/mol. The summed E-state index contributed by atoms with van der Waals surface area (Å²) < 4.78 is 7.20. The number of hydrogen-bond acceptors (Lipinski definition) is 6. The van der Waals surface area contributed by atoms with Crippen LogP contribution >= 0.6 is 0 Å². The first-order valence-corrected chi connectivity index (χ1v) is 10.2. The summed E-state index contributed by atoms with van der Waals surface area (Å²) in [6.07, 6.45) is 4.45. The van der Waals surface area contributed by atoms with E-state index >= 15 is 0 Å². The molecule has 1 aromatic heterocycles. The third-order valence-corrected chi connectivity index (χ3v) is 5.55. The van der Waals surface area contributed by atoms with Crippen LogP contribution in [0.1, 0.15) is 48.7 Å². The van der Waals surface area contributed by atoms with E-state index in [1.807, 2.05) is 4.68 Å². The van der Waals surface area contributed by atoms with Gasteiger partial charge in [0.05, 0.1) is 25.8 Å². The van der Waals surface area contributed by atoms with Crippen molar-refractivity contribution in [1.82, 2.24) is 30.4 Å². The van der Waals surface area contributed by atoms with Crippen LogP contribution in [0.4, 0.5) is 0 Å². The standard InChI is InChI=1S/C20H28N6O2/c27-20(21-18-8-3-6-16-5-1-2-7-17(16)18)9-4-10-26-19(22-23-24-26)15-25-11-13-28-14-12-25/h1-2,5,7,18H,3-4,6,8-15H2,(H,21,27). The number of morpholine rings is 1. The summed E-state index contributed by atoms with van der Waals surface area (Å²) >= 11 is 0. The summed E-state index contributed by atoms with van der Waals surface area (Å²) in [6, 6.07) is 8.57. The zero-order chi connectivity index (χ0) is 19.2. The number of aromatic nitrogens is 4. The van der Waals surface area contributed by atoms with Crippen molar-refractivity contribution in [2.24, 2.45) is 0 Å². The molecule has 8 heteroatoms. The molecule has 1 aromatic carbocycles. The Kier molecular flexibility index (Phi) is 6.28. The molecule has 0 radical (unpaired) electrons. The van der Waals surface area contributed by atoms with Crippen molar-refractivity contribution in [3.8, 4) is 0 Å². The highest BCUT2D eigenvalue weighted by molar-refractivity contribution is 5.76. The molecule has 0 saturated carbocycles. The molecule has 1 fully saturated rings. The fourth-order valence-electron chi connectivity index (χ4n) is 4.03. The minimum absolute atomic E-state index is 0.101. The third kappa shape index (κ3) is 4.74. The number of fused-ring (bicyclic) bond motifs is 1. The van der Waals surface area contributed by atoms with Gasteiger partial charge < -0.3 is 10.1 Å². The maximum Gasteiger partial charge on any atom is 0.220 e. The molecule has 2 heterocycles. The molecular weight excluding hydrogens is 356 g/mol. The first-order chi connectivity index (χ1) is 13.8. The second kappa shape index (κ2) is 9.25. The molecule has 150 valence electrons. The van der Waals surface area contributed by atoms with Crippen molar-refractivity contribution < 1.29 is 9.53 Å². The van der Waals surface area contributed by atoms with Crippen LogP contribution in [0.5, 0.6) is 0 Å². The molecule has 0 bridgehead atoms. The van der Waals surface area contributed by atoms with Gasteiger partial charge in [-0.2, -0.15) is 0 Å². The third-order valence-electron chi connectivity index (χ3n) is 5.55. The first kappa shape index (κ1) is 19.0. The number of amides is 1. The molecule has 4 rings (SSSR count). The molecule has 1 aliphatic carbocycles. The number of rotatable bonds is 7. The van der Waals surface area contributed by atoms with Crippen molar-refractivity contribution >= 4 is 5.91 Å². The second-order valence-corrected chi connectivity index (χ2v) is 7.52. The monoisotopic (exact) mass is 384 g/mol. The van der Waals surface area contributed by atoms with Crippen LogP contribution in [0.15, 0.2) is 24.3 Å². The van der Waals surface area contributed by atoms with E-state index in [1.54, 1.807) is 0 Å². The Hall–Kier alpha value is -2.32. The Morgan fingerprint density at radius 3 is 3.00 bits per heavy atom. The summed E-state index contributed by atoms with van der Waals surface area (Å²) in [5.74, 6) is 0.952. The molecule has 28 heavy (non-hydrogen) atoms. The van der Waals surface area contributed by atoms with Crippen molar-refractivity contribution in [2.45, 2.75) is 51.2 Å². The molecule has 1 atom stereocenters. The highest BCUT2D eigenvalue weighted by atomic mass is 16.5. The van der Waals surface area contributed by atoms with Gasteiger partial charge in [0.2, 0.25) is 5.91 Å². The molecule has 1 N–H and O–H groups in total. The van der Waals surface area contributed by atoms with Crippen molar-refractivity contribution in [2.75, 3.05) is 26.3 Å². The van der Waals surface area contributed by atoms with Gasteiger partial charge in [-0.25, -0.2) is 4.68 Å². The number of tetrazole rings is 1. The number of aryl methyl sites for hydroxylation is 2. The van der Waals surface area contributed by atoms with Gasteiger partial charge in [-0.1, -0.05) is 24.3 Å². The highest BCUT2D eigenvalue weighted by Gasteiger charge is 2.21. The molecule has 0 spiro atoms. The van der Waals surface area contributed by atoms with Gasteiger partial charge in [0.25, 0.3) is 0 Å². The Morgan fingerprint density at radius 1 is 1.25 bits per heavy atom. The summed E-state index contributed by atoms with van der Waals surface area (Å²) in [6.45, 7) is 4.69. The summed E-state index contributed by atoms with van der Waals surface area (Å²) in [5, 5.41) is 15.3. The topological polar surface area (TPSA) is 85.2 Å². The Bertz CT molecular complexity index is 787. The largest absolute Gasteiger partial charge is 0.379 e. The average Bonchev–Trinajstić information content (AvgIpc) is 3.16. The predicted octanol–water partition coefficient (Wildman–Crippen LogP) is 1.48. The molecule has 1 saturated heterocycles. The lowest BCUT2D eigenvalue weighted by atomic mass is 9.87. The van der Waals surface area contributed by atoms with Crippen LogP contribution in [0.3, 0.4) is 0 Å². The maximum atomic E-state index is 12.5. The fourth-order valence-corrected chi connectivity index (χ4v) is 4.03. The lowest BCUT2D eigenvalue weighted by molar-refractivity contribution is -0.122. The molecule has 1 unspecified atom stereocenters. The number of ether oxygens (including phenoxy) is 1. The van der Waals surface area contributed by atoms with Gasteiger partial charge in [0.15, 0.2) is 5.82 Å². The van der Waals surface area contributed by atoms with Crippen molar-refractivity contribution in [3.63, 3.8) is 0 Å². The Morgan fingerprint density at radius 2 is 2.11 bits per heavy atom. The minimum atomic E-state index is 0.101. The molecule has 2 aliphatic rings. The van der Waals surface area contributed by atoms with E-state index in [2.05, 4.69) is 50.0 Å². The van der Waals surface area contributed by atoms with E-state index in [-0.39, 0.29) is 11.9 Å². The van der Waals surface area contributed by atoms with Gasteiger partial charge in [-0.15, -0.1) is 5.10 Å². The number of benzene rings is 1. The van der Waals surface area contributed by atoms with Crippen LogP contribution in [0.25, 0.3) is 0 Å². The molecule has 8 nitrogen and oxygen atoms in total. The summed E-state index contributed by atoms with van der Waals surface area (Å²) in [4.78, 5) is 14.7. The van der Waals surface area contributed by atoms with Crippen LogP contribution in [-0.4, -0.2) is 57.3 Å².